The van der Waals surface area contributed by atoms with Gasteiger partial charge >= 0.3 is 0 Å². The molecule has 1 heterocycles. The smallest absolute Gasteiger partial charge is 0.151 e. The van der Waals surface area contributed by atoms with Crippen LogP contribution in [0.4, 0.5) is 5.69 Å². The third kappa shape index (κ3) is 1.61. The summed E-state index contributed by atoms with van der Waals surface area (Å²) in [5, 5.41) is 0. The summed E-state index contributed by atoms with van der Waals surface area (Å²) >= 11 is 0. The van der Waals surface area contributed by atoms with E-state index in [1.54, 1.807) is 6.08 Å². The summed E-state index contributed by atoms with van der Waals surface area (Å²) in [5.41, 5.74) is 11.5. The van der Waals surface area contributed by atoms with E-state index in [-0.39, 0.29) is 0 Å². The predicted molar refractivity (Wildman–Crippen MR) is 50.4 cm³/mol. The van der Waals surface area contributed by atoms with E-state index in [4.69, 9.17) is 15.9 Å². The Morgan fingerprint density at radius 1 is 1.50 bits per heavy atom. The van der Waals surface area contributed by atoms with Crippen LogP contribution in [0.1, 0.15) is 31.3 Å². The molecule has 0 spiro atoms. The molecule has 0 radical (unpaired) electrons. The summed E-state index contributed by atoms with van der Waals surface area (Å²) in [6.45, 7) is 4.10. The Kier molecular flexibility index (Phi) is 2.43. The van der Waals surface area contributed by atoms with Gasteiger partial charge in [-0.2, -0.15) is 0 Å². The molecule has 3 nitrogen and oxygen atoms in total. The Balaban J connectivity index is 3.00. The fourth-order valence-electron chi connectivity index (χ4n) is 0.942. The van der Waals surface area contributed by atoms with E-state index < -0.39 is 0 Å². The Hall–Kier alpha value is -1.38. The van der Waals surface area contributed by atoms with Crippen LogP contribution in [0.25, 0.3) is 6.08 Å². The van der Waals surface area contributed by atoms with E-state index in [0.29, 0.717) is 17.4 Å². The average Bonchev–Trinajstić information content (AvgIpc) is 2.34. The van der Waals surface area contributed by atoms with Crippen molar-refractivity contribution in [2.24, 2.45) is 5.73 Å². The van der Waals surface area contributed by atoms with E-state index in [1.165, 1.54) is 6.20 Å². The zero-order valence-corrected chi connectivity index (χ0v) is 7.37. The van der Waals surface area contributed by atoms with Crippen molar-refractivity contribution in [2.45, 2.75) is 19.8 Å². The lowest BCUT2D eigenvalue weighted by Gasteiger charge is -1.96. The molecule has 4 N–H and O–H groups in total. The SMILES string of the molecule is CC(C)c1cc(N)c(/C=C\N)o1. The lowest BCUT2D eigenvalue weighted by molar-refractivity contribution is 0.480. The average molecular weight is 166 g/mol. The highest BCUT2D eigenvalue weighted by molar-refractivity contribution is 5.59. The summed E-state index contributed by atoms with van der Waals surface area (Å²) < 4.78 is 5.42. The van der Waals surface area contributed by atoms with Crippen molar-refractivity contribution in [3.8, 4) is 0 Å². The molecule has 0 aliphatic heterocycles. The Morgan fingerprint density at radius 3 is 2.58 bits per heavy atom. The largest absolute Gasteiger partial charge is 0.459 e. The summed E-state index contributed by atoms with van der Waals surface area (Å²) in [4.78, 5) is 0. The van der Waals surface area contributed by atoms with Gasteiger partial charge in [0.15, 0.2) is 5.76 Å². The van der Waals surface area contributed by atoms with Crippen molar-refractivity contribution in [3.05, 3.63) is 23.8 Å². The molecule has 0 unspecified atom stereocenters. The first-order valence-electron chi connectivity index (χ1n) is 3.92. The number of rotatable bonds is 2. The van der Waals surface area contributed by atoms with Crippen LogP contribution in [0, 0.1) is 0 Å². The third-order valence-electron chi connectivity index (χ3n) is 1.63. The summed E-state index contributed by atoms with van der Waals surface area (Å²) in [6, 6.07) is 1.83. The zero-order valence-electron chi connectivity index (χ0n) is 7.37. The lowest BCUT2D eigenvalue weighted by Crippen LogP contribution is -1.83. The van der Waals surface area contributed by atoms with Gasteiger partial charge in [0.2, 0.25) is 0 Å². The van der Waals surface area contributed by atoms with E-state index in [9.17, 15) is 0 Å². The summed E-state index contributed by atoms with van der Waals surface area (Å²) in [6.07, 6.45) is 3.07. The Labute approximate surface area is 72.0 Å². The minimum Gasteiger partial charge on any atom is -0.459 e. The van der Waals surface area contributed by atoms with E-state index >= 15 is 0 Å². The van der Waals surface area contributed by atoms with Crippen LogP contribution in [0.15, 0.2) is 16.7 Å². The molecule has 0 bridgehead atoms. The minimum absolute atomic E-state index is 0.354. The van der Waals surface area contributed by atoms with Crippen molar-refractivity contribution in [1.82, 2.24) is 0 Å². The van der Waals surface area contributed by atoms with Gasteiger partial charge in [0.05, 0.1) is 5.69 Å². The normalized spacial score (nSPS) is 11.6. The van der Waals surface area contributed by atoms with Gasteiger partial charge in [-0.1, -0.05) is 13.8 Å². The topological polar surface area (TPSA) is 65.2 Å². The van der Waals surface area contributed by atoms with Gasteiger partial charge in [-0.05, 0) is 12.3 Å². The Morgan fingerprint density at radius 2 is 2.17 bits per heavy atom. The second-order valence-electron chi connectivity index (χ2n) is 2.98. The van der Waals surface area contributed by atoms with Crippen LogP contribution in [0.2, 0.25) is 0 Å². The van der Waals surface area contributed by atoms with E-state index in [0.717, 1.165) is 5.76 Å². The van der Waals surface area contributed by atoms with E-state index in [2.05, 4.69) is 0 Å². The first-order chi connectivity index (χ1) is 5.65. The number of furan rings is 1. The number of nitrogens with two attached hydrogens (primary N) is 2. The molecular weight excluding hydrogens is 152 g/mol. The van der Waals surface area contributed by atoms with Gasteiger partial charge in [0.1, 0.15) is 5.76 Å². The number of hydrogen-bond donors (Lipinski definition) is 2. The molecule has 1 rings (SSSR count). The lowest BCUT2D eigenvalue weighted by atomic mass is 10.1. The molecule has 0 saturated heterocycles. The monoisotopic (exact) mass is 166 g/mol. The van der Waals surface area contributed by atoms with Crippen molar-refractivity contribution < 1.29 is 4.42 Å². The molecule has 0 amide bonds. The van der Waals surface area contributed by atoms with Crippen LogP contribution in [0.5, 0.6) is 0 Å². The fourth-order valence-corrected chi connectivity index (χ4v) is 0.942. The number of nitrogen functional groups attached to an aromatic ring is 1. The molecule has 0 aromatic carbocycles. The maximum atomic E-state index is 5.66. The molecule has 66 valence electrons. The van der Waals surface area contributed by atoms with Gasteiger partial charge in [0, 0.05) is 12.0 Å². The van der Waals surface area contributed by atoms with E-state index in [1.807, 2.05) is 19.9 Å². The minimum atomic E-state index is 0.354. The molecule has 0 fully saturated rings. The molecule has 12 heavy (non-hydrogen) atoms. The molecule has 0 atom stereocenters. The quantitative estimate of drug-likeness (QED) is 0.705. The third-order valence-corrected chi connectivity index (χ3v) is 1.63. The van der Waals surface area contributed by atoms with Gasteiger partial charge < -0.3 is 15.9 Å². The van der Waals surface area contributed by atoms with Crippen LogP contribution < -0.4 is 11.5 Å². The maximum Gasteiger partial charge on any atom is 0.151 e. The molecule has 3 heteroatoms. The summed E-state index contributed by atoms with van der Waals surface area (Å²) in [5.74, 6) is 1.88. The van der Waals surface area contributed by atoms with Crippen molar-refractivity contribution in [3.63, 3.8) is 0 Å². The van der Waals surface area contributed by atoms with Gasteiger partial charge in [-0.15, -0.1) is 0 Å². The van der Waals surface area contributed by atoms with Crippen LogP contribution in [-0.4, -0.2) is 0 Å². The standard InChI is InChI=1S/C9H14N2O/c1-6(2)9-5-7(11)8(12-9)3-4-10/h3-6H,10-11H2,1-2H3/b4-3-. The first kappa shape index (κ1) is 8.71. The van der Waals surface area contributed by atoms with Gasteiger partial charge in [-0.3, -0.25) is 0 Å². The zero-order chi connectivity index (χ0) is 9.14. The molecular formula is C9H14N2O. The highest BCUT2D eigenvalue weighted by Crippen LogP contribution is 2.24. The summed E-state index contributed by atoms with van der Waals surface area (Å²) in [7, 11) is 0. The molecule has 1 aromatic heterocycles. The number of anilines is 1. The van der Waals surface area contributed by atoms with Crippen LogP contribution in [0.3, 0.4) is 0 Å². The highest BCUT2D eigenvalue weighted by atomic mass is 16.3. The van der Waals surface area contributed by atoms with Crippen LogP contribution in [-0.2, 0) is 0 Å². The van der Waals surface area contributed by atoms with Gasteiger partial charge in [-0.25, -0.2) is 0 Å². The van der Waals surface area contributed by atoms with Crippen LogP contribution >= 0.6 is 0 Å². The van der Waals surface area contributed by atoms with Crippen molar-refractivity contribution in [1.29, 1.82) is 0 Å². The molecule has 0 aliphatic rings. The molecule has 0 saturated carbocycles. The highest BCUT2D eigenvalue weighted by Gasteiger charge is 2.08. The fraction of sp³-hybridized carbons (Fsp3) is 0.333. The molecule has 1 aromatic rings. The Bertz CT molecular complexity index is 287. The second kappa shape index (κ2) is 3.34. The first-order valence-corrected chi connectivity index (χ1v) is 3.92. The van der Waals surface area contributed by atoms with Crippen molar-refractivity contribution >= 4 is 11.8 Å². The number of hydrogen-bond acceptors (Lipinski definition) is 3. The predicted octanol–water partition coefficient (Wildman–Crippen LogP) is 1.91. The van der Waals surface area contributed by atoms with Crippen molar-refractivity contribution in [2.75, 3.05) is 5.73 Å². The second-order valence-corrected chi connectivity index (χ2v) is 2.98. The molecule has 0 aliphatic carbocycles. The maximum absolute atomic E-state index is 5.66. The van der Waals surface area contributed by atoms with Gasteiger partial charge in [0.25, 0.3) is 0 Å².